The molecule has 0 bridgehead atoms. The van der Waals surface area contributed by atoms with Crippen LogP contribution >= 0.6 is 11.6 Å². The zero-order chi connectivity index (χ0) is 24.0. The van der Waals surface area contributed by atoms with E-state index in [-0.39, 0.29) is 11.7 Å². The maximum atomic E-state index is 13.6. The van der Waals surface area contributed by atoms with Gasteiger partial charge in [0.15, 0.2) is 0 Å². The van der Waals surface area contributed by atoms with Crippen LogP contribution in [0.1, 0.15) is 43.4 Å². The molecule has 2 aromatic carbocycles. The molecule has 1 saturated heterocycles. The largest absolute Gasteiger partial charge is 0.381 e. The zero-order valence-corrected chi connectivity index (χ0v) is 20.3. The van der Waals surface area contributed by atoms with Crippen LogP contribution in [0.25, 0.3) is 11.3 Å². The Morgan fingerprint density at radius 2 is 1.88 bits per heavy atom. The van der Waals surface area contributed by atoms with Crippen LogP contribution < -0.4 is 0 Å². The van der Waals surface area contributed by atoms with Crippen LogP contribution in [-0.4, -0.2) is 47.8 Å². The lowest BCUT2D eigenvalue weighted by Gasteiger charge is -2.39. The summed E-state index contributed by atoms with van der Waals surface area (Å²) in [7, 11) is 1.90. The topological polar surface area (TPSA) is 58.2 Å². The van der Waals surface area contributed by atoms with Gasteiger partial charge in [-0.2, -0.15) is 5.10 Å². The van der Waals surface area contributed by atoms with E-state index in [0.717, 1.165) is 48.2 Å². The number of H-pyrrole nitrogens is 1. The molecule has 0 saturated carbocycles. The van der Waals surface area contributed by atoms with Gasteiger partial charge in [-0.05, 0) is 80.1 Å². The molecule has 5 nitrogen and oxygen atoms in total. The van der Waals surface area contributed by atoms with E-state index in [0.29, 0.717) is 37.6 Å². The number of rotatable bonds is 9. The number of likely N-dealkylation sites (N-methyl/N-ethyl adjacent to an activating group) is 1. The maximum absolute atomic E-state index is 13.6. The van der Waals surface area contributed by atoms with E-state index in [2.05, 4.69) is 10.2 Å². The van der Waals surface area contributed by atoms with Crippen molar-refractivity contribution in [3.05, 3.63) is 76.7 Å². The molecule has 1 aliphatic heterocycles. The normalized spacial score (nSPS) is 15.3. The second-order valence-corrected chi connectivity index (χ2v) is 9.46. The van der Waals surface area contributed by atoms with Crippen LogP contribution in [0.3, 0.4) is 0 Å². The molecule has 4 rings (SSSR count). The number of hydrogen-bond acceptors (Lipinski definition) is 3. The van der Waals surface area contributed by atoms with Gasteiger partial charge < -0.3 is 9.64 Å². The number of benzene rings is 2. The number of halogens is 2. The number of carbonyl (C=O) groups is 1. The van der Waals surface area contributed by atoms with Crippen LogP contribution in [0.4, 0.5) is 4.39 Å². The quantitative estimate of drug-likeness (QED) is 0.392. The molecule has 1 N–H and O–H groups in total. The number of ether oxygens (including phenoxy) is 1. The highest BCUT2D eigenvalue weighted by Crippen LogP contribution is 2.37. The van der Waals surface area contributed by atoms with E-state index >= 15 is 0 Å². The lowest BCUT2D eigenvalue weighted by molar-refractivity contribution is -0.140. The average Bonchev–Trinajstić information content (AvgIpc) is 3.33. The summed E-state index contributed by atoms with van der Waals surface area (Å²) in [4.78, 5) is 15.4. The Morgan fingerprint density at radius 1 is 1.12 bits per heavy atom. The summed E-state index contributed by atoms with van der Waals surface area (Å²) in [6.07, 6.45) is 5.18. The lowest BCUT2D eigenvalue weighted by Crippen LogP contribution is -2.48. The Balaban J connectivity index is 1.27. The molecule has 7 heteroatoms. The maximum Gasteiger partial charge on any atom is 0.233 e. The number of nitrogens with one attached hydrogen (secondary N) is 1. The average molecular weight is 484 g/mol. The van der Waals surface area contributed by atoms with Crippen LogP contribution in [0, 0.1) is 5.82 Å². The monoisotopic (exact) mass is 483 g/mol. The number of amides is 1. The van der Waals surface area contributed by atoms with Crippen molar-refractivity contribution in [1.82, 2.24) is 15.1 Å². The number of aryl methyl sites for hydroxylation is 1. The smallest absolute Gasteiger partial charge is 0.233 e. The van der Waals surface area contributed by atoms with E-state index < -0.39 is 5.41 Å². The van der Waals surface area contributed by atoms with Gasteiger partial charge in [-0.1, -0.05) is 30.2 Å². The third kappa shape index (κ3) is 5.68. The minimum Gasteiger partial charge on any atom is -0.381 e. The Kier molecular flexibility index (Phi) is 8.01. The predicted octanol–water partition coefficient (Wildman–Crippen LogP) is 5.79. The second kappa shape index (κ2) is 11.2. The van der Waals surface area contributed by atoms with Crippen LogP contribution in [0.2, 0.25) is 5.02 Å². The second-order valence-electron chi connectivity index (χ2n) is 9.03. The van der Waals surface area contributed by atoms with Crippen molar-refractivity contribution >= 4 is 17.5 Å². The molecule has 0 unspecified atom stereocenters. The molecule has 0 aliphatic carbocycles. The van der Waals surface area contributed by atoms with E-state index in [1.165, 1.54) is 12.1 Å². The number of nitrogens with zero attached hydrogens (tertiary/aromatic N) is 2. The molecule has 34 heavy (non-hydrogen) atoms. The Labute approximate surface area is 205 Å². The fourth-order valence-corrected chi connectivity index (χ4v) is 4.89. The van der Waals surface area contributed by atoms with Crippen molar-refractivity contribution in [2.45, 2.75) is 43.9 Å². The summed E-state index contributed by atoms with van der Waals surface area (Å²) in [5.41, 5.74) is 3.20. The molecular weight excluding hydrogens is 453 g/mol. The zero-order valence-electron chi connectivity index (χ0n) is 19.5. The molecular formula is C27H31ClFN3O2. The van der Waals surface area contributed by atoms with Crippen molar-refractivity contribution in [3.63, 3.8) is 0 Å². The number of unbranched alkanes of at least 4 members (excludes halogenated alkanes) is 2. The summed E-state index contributed by atoms with van der Waals surface area (Å²) in [5.74, 6) is -0.103. The van der Waals surface area contributed by atoms with Gasteiger partial charge in [0.25, 0.3) is 0 Å². The van der Waals surface area contributed by atoms with E-state index in [9.17, 15) is 9.18 Å². The minimum absolute atomic E-state index is 0.149. The number of hydrogen-bond donors (Lipinski definition) is 1. The lowest BCUT2D eigenvalue weighted by atomic mass is 9.73. The first-order valence-electron chi connectivity index (χ1n) is 11.9. The molecule has 1 aliphatic rings. The number of carbonyl (C=O) groups excluding carboxylic acids is 1. The fourth-order valence-electron chi connectivity index (χ4n) is 4.70. The first kappa shape index (κ1) is 24.4. The third-order valence-electron chi connectivity index (χ3n) is 6.69. The standard InChI is InChI=1S/C27H31ClFN3O2/c1-32(26(33)27(13-16-34-17-14-27)21-6-5-7-22(28)18-21)15-4-2-3-8-24-19-25(31-30-24)20-9-11-23(29)12-10-20/h5-7,9-12,18-19H,2-4,8,13-17H2,1H3,(H,30,31). The van der Waals surface area contributed by atoms with Crippen molar-refractivity contribution < 1.29 is 13.9 Å². The highest BCUT2D eigenvalue weighted by Gasteiger charge is 2.43. The van der Waals surface area contributed by atoms with Crippen LogP contribution in [0.5, 0.6) is 0 Å². The summed E-state index contributed by atoms with van der Waals surface area (Å²) in [6.45, 7) is 1.87. The van der Waals surface area contributed by atoms with Crippen molar-refractivity contribution in [2.75, 3.05) is 26.8 Å². The summed E-state index contributed by atoms with van der Waals surface area (Å²) >= 11 is 6.24. The van der Waals surface area contributed by atoms with E-state index in [4.69, 9.17) is 16.3 Å². The minimum atomic E-state index is -0.565. The van der Waals surface area contributed by atoms with Gasteiger partial charge in [0.2, 0.25) is 5.91 Å². The molecule has 1 amide bonds. The van der Waals surface area contributed by atoms with Crippen LogP contribution in [0.15, 0.2) is 54.6 Å². The molecule has 2 heterocycles. The molecule has 3 aromatic rings. The summed E-state index contributed by atoms with van der Waals surface area (Å²) in [5, 5.41) is 8.07. The van der Waals surface area contributed by atoms with E-state index in [1.807, 2.05) is 42.3 Å². The summed E-state index contributed by atoms with van der Waals surface area (Å²) in [6, 6.07) is 16.1. The predicted molar refractivity (Wildman–Crippen MR) is 132 cm³/mol. The number of aromatic nitrogens is 2. The molecule has 0 atom stereocenters. The SMILES string of the molecule is CN(CCCCCc1cc(-c2ccc(F)cc2)n[nH]1)C(=O)C1(c2cccc(Cl)c2)CCOCC1. The fraction of sp³-hybridized carbons (Fsp3) is 0.407. The van der Waals surface area contributed by atoms with Gasteiger partial charge in [0, 0.05) is 43.1 Å². The summed E-state index contributed by atoms with van der Waals surface area (Å²) < 4.78 is 18.7. The molecule has 1 aromatic heterocycles. The van der Waals surface area contributed by atoms with Gasteiger partial charge >= 0.3 is 0 Å². The Bertz CT molecular complexity index is 1090. The van der Waals surface area contributed by atoms with Crippen LogP contribution in [-0.2, 0) is 21.4 Å². The highest BCUT2D eigenvalue weighted by atomic mass is 35.5. The Hall–Kier alpha value is -2.70. The molecule has 0 radical (unpaired) electrons. The first-order valence-corrected chi connectivity index (χ1v) is 12.3. The van der Waals surface area contributed by atoms with Gasteiger partial charge in [0.1, 0.15) is 5.82 Å². The van der Waals surface area contributed by atoms with Crippen molar-refractivity contribution in [2.24, 2.45) is 0 Å². The first-order chi connectivity index (χ1) is 16.5. The van der Waals surface area contributed by atoms with Gasteiger partial charge in [0.05, 0.1) is 11.1 Å². The van der Waals surface area contributed by atoms with Gasteiger partial charge in [-0.15, -0.1) is 0 Å². The van der Waals surface area contributed by atoms with Gasteiger partial charge in [-0.3, -0.25) is 9.89 Å². The molecule has 1 fully saturated rings. The van der Waals surface area contributed by atoms with Crippen molar-refractivity contribution in [1.29, 1.82) is 0 Å². The number of aromatic amines is 1. The highest BCUT2D eigenvalue weighted by molar-refractivity contribution is 6.30. The van der Waals surface area contributed by atoms with Gasteiger partial charge in [-0.25, -0.2) is 4.39 Å². The molecule has 0 spiro atoms. The Morgan fingerprint density at radius 3 is 2.62 bits per heavy atom. The van der Waals surface area contributed by atoms with Crippen molar-refractivity contribution in [3.8, 4) is 11.3 Å². The van der Waals surface area contributed by atoms with E-state index in [1.54, 1.807) is 12.1 Å². The third-order valence-corrected chi connectivity index (χ3v) is 6.93. The molecule has 180 valence electrons.